The fourth-order valence-corrected chi connectivity index (χ4v) is 5.46. The van der Waals surface area contributed by atoms with Crippen LogP contribution in [0.1, 0.15) is 37.5 Å². The molecular formula is C31H32FN5O5. The molecule has 2 saturated heterocycles. The van der Waals surface area contributed by atoms with Crippen LogP contribution in [0.2, 0.25) is 0 Å². The normalized spacial score (nSPS) is 16.6. The van der Waals surface area contributed by atoms with Crippen LogP contribution < -0.4 is 25.0 Å². The van der Waals surface area contributed by atoms with Gasteiger partial charge in [-0.3, -0.25) is 14.4 Å². The summed E-state index contributed by atoms with van der Waals surface area (Å²) in [6.45, 7) is 5.04. The van der Waals surface area contributed by atoms with Gasteiger partial charge in [0.25, 0.3) is 17.7 Å². The maximum Gasteiger partial charge on any atom is 0.255 e. The number of anilines is 2. The van der Waals surface area contributed by atoms with Crippen LogP contribution in [0, 0.1) is 5.82 Å². The predicted octanol–water partition coefficient (Wildman–Crippen LogP) is 3.20. The lowest BCUT2D eigenvalue weighted by atomic mass is 10.1. The highest BCUT2D eigenvalue weighted by molar-refractivity contribution is 6.07. The lowest BCUT2D eigenvalue weighted by molar-refractivity contribution is 0.0734. The second kappa shape index (κ2) is 12.1. The molecule has 218 valence electrons. The number of ether oxygens (including phenoxy) is 2. The van der Waals surface area contributed by atoms with Crippen LogP contribution in [0.3, 0.4) is 0 Å². The number of halogens is 1. The van der Waals surface area contributed by atoms with Crippen molar-refractivity contribution in [2.24, 2.45) is 0 Å². The summed E-state index contributed by atoms with van der Waals surface area (Å²) in [4.78, 5) is 45.5. The van der Waals surface area contributed by atoms with E-state index in [0.717, 1.165) is 18.8 Å². The summed E-state index contributed by atoms with van der Waals surface area (Å²) in [5.74, 6) is 0.170. The number of amides is 3. The minimum absolute atomic E-state index is 0.0862. The summed E-state index contributed by atoms with van der Waals surface area (Å²) in [5.41, 5.74) is 2.55. The second-order valence-corrected chi connectivity index (χ2v) is 10.4. The highest BCUT2D eigenvalue weighted by Crippen LogP contribution is 2.33. The van der Waals surface area contributed by atoms with Crippen molar-refractivity contribution in [3.05, 3.63) is 83.2 Å². The molecule has 6 rings (SSSR count). The van der Waals surface area contributed by atoms with Crippen LogP contribution in [-0.2, 0) is 0 Å². The highest BCUT2D eigenvalue weighted by atomic mass is 19.1. The summed E-state index contributed by atoms with van der Waals surface area (Å²) in [7, 11) is 0. The van der Waals surface area contributed by atoms with Crippen LogP contribution in [0.4, 0.5) is 15.8 Å². The summed E-state index contributed by atoms with van der Waals surface area (Å²) < 4.78 is 24.3. The molecule has 3 aromatic rings. The van der Waals surface area contributed by atoms with E-state index < -0.39 is 11.7 Å². The van der Waals surface area contributed by atoms with Crippen LogP contribution >= 0.6 is 0 Å². The molecule has 0 aliphatic carbocycles. The van der Waals surface area contributed by atoms with Gasteiger partial charge < -0.3 is 34.8 Å². The third-order valence-electron chi connectivity index (χ3n) is 7.75. The van der Waals surface area contributed by atoms with Gasteiger partial charge in [-0.05, 0) is 67.1 Å². The molecular weight excluding hydrogens is 541 g/mol. The summed E-state index contributed by atoms with van der Waals surface area (Å²) in [5, 5.41) is 6.20. The SMILES string of the molecule is O=C(Nc1cc(C(=O)N2CCNCC2)ccc1N1CCCN(C(=O)c2ccc3c(c2)OCO3)CC1)c1ccc(F)cc1. The number of nitrogens with zero attached hydrogens (tertiary/aromatic N) is 3. The van der Waals surface area contributed by atoms with E-state index in [1.807, 2.05) is 11.0 Å². The molecule has 3 aromatic carbocycles. The molecule has 3 aliphatic rings. The van der Waals surface area contributed by atoms with E-state index in [0.29, 0.717) is 79.6 Å². The largest absolute Gasteiger partial charge is 0.454 e. The average molecular weight is 574 g/mol. The van der Waals surface area contributed by atoms with E-state index in [1.165, 1.54) is 24.3 Å². The minimum Gasteiger partial charge on any atom is -0.454 e. The van der Waals surface area contributed by atoms with Crippen molar-refractivity contribution < 1.29 is 28.2 Å². The van der Waals surface area contributed by atoms with Gasteiger partial charge in [0.2, 0.25) is 6.79 Å². The number of nitrogens with one attached hydrogen (secondary N) is 2. The molecule has 0 aromatic heterocycles. The summed E-state index contributed by atoms with van der Waals surface area (Å²) in [6.07, 6.45) is 0.711. The Morgan fingerprint density at radius 3 is 2.17 bits per heavy atom. The topological polar surface area (TPSA) is 103 Å². The zero-order valence-corrected chi connectivity index (χ0v) is 23.1. The number of carbonyl (C=O) groups excluding carboxylic acids is 3. The number of fused-ring (bicyclic) bond motifs is 1. The predicted molar refractivity (Wildman–Crippen MR) is 155 cm³/mol. The first-order valence-electron chi connectivity index (χ1n) is 14.1. The molecule has 0 bridgehead atoms. The van der Waals surface area contributed by atoms with Crippen molar-refractivity contribution >= 4 is 29.1 Å². The zero-order chi connectivity index (χ0) is 29.1. The van der Waals surface area contributed by atoms with Gasteiger partial charge in [0.1, 0.15) is 5.82 Å². The third-order valence-corrected chi connectivity index (χ3v) is 7.75. The van der Waals surface area contributed by atoms with Crippen molar-refractivity contribution in [1.82, 2.24) is 15.1 Å². The smallest absolute Gasteiger partial charge is 0.255 e. The Morgan fingerprint density at radius 1 is 0.714 bits per heavy atom. The molecule has 3 amide bonds. The number of carbonyl (C=O) groups is 3. The first kappa shape index (κ1) is 27.5. The molecule has 2 N–H and O–H groups in total. The third kappa shape index (κ3) is 5.87. The molecule has 0 atom stereocenters. The zero-order valence-electron chi connectivity index (χ0n) is 23.1. The molecule has 0 unspecified atom stereocenters. The lowest BCUT2D eigenvalue weighted by Gasteiger charge is -2.29. The molecule has 3 heterocycles. The van der Waals surface area contributed by atoms with Crippen molar-refractivity contribution in [2.45, 2.75) is 6.42 Å². The van der Waals surface area contributed by atoms with Gasteiger partial charge in [0.15, 0.2) is 11.5 Å². The molecule has 11 heteroatoms. The molecule has 0 radical (unpaired) electrons. The van der Waals surface area contributed by atoms with Crippen molar-refractivity contribution in [3.63, 3.8) is 0 Å². The fraction of sp³-hybridized carbons (Fsp3) is 0.323. The van der Waals surface area contributed by atoms with Crippen molar-refractivity contribution in [2.75, 3.05) is 69.4 Å². The van der Waals surface area contributed by atoms with E-state index in [2.05, 4.69) is 15.5 Å². The fourth-order valence-electron chi connectivity index (χ4n) is 5.46. The Labute approximate surface area is 243 Å². The quantitative estimate of drug-likeness (QED) is 0.483. The van der Waals surface area contributed by atoms with E-state index in [4.69, 9.17) is 9.47 Å². The number of hydrogen-bond acceptors (Lipinski definition) is 7. The number of piperazine rings is 1. The monoisotopic (exact) mass is 573 g/mol. The molecule has 2 fully saturated rings. The van der Waals surface area contributed by atoms with Crippen LogP contribution in [0.15, 0.2) is 60.7 Å². The van der Waals surface area contributed by atoms with Gasteiger partial charge in [-0.2, -0.15) is 0 Å². The van der Waals surface area contributed by atoms with Crippen LogP contribution in [0.25, 0.3) is 0 Å². The Hall–Kier alpha value is -4.64. The average Bonchev–Trinajstić information content (AvgIpc) is 3.36. The number of rotatable bonds is 5. The summed E-state index contributed by atoms with van der Waals surface area (Å²) >= 11 is 0. The Bertz CT molecular complexity index is 1490. The first-order valence-corrected chi connectivity index (χ1v) is 14.1. The van der Waals surface area contributed by atoms with Gasteiger partial charge in [-0.15, -0.1) is 0 Å². The van der Waals surface area contributed by atoms with Gasteiger partial charge in [0, 0.05) is 69.0 Å². The van der Waals surface area contributed by atoms with E-state index >= 15 is 0 Å². The van der Waals surface area contributed by atoms with Gasteiger partial charge in [0.05, 0.1) is 11.4 Å². The highest BCUT2D eigenvalue weighted by Gasteiger charge is 2.26. The van der Waals surface area contributed by atoms with Crippen LogP contribution in [0.5, 0.6) is 11.5 Å². The van der Waals surface area contributed by atoms with Crippen LogP contribution in [-0.4, -0.2) is 86.7 Å². The number of benzene rings is 3. The second-order valence-electron chi connectivity index (χ2n) is 10.4. The van der Waals surface area contributed by atoms with Crippen molar-refractivity contribution in [3.8, 4) is 11.5 Å². The molecule has 0 spiro atoms. The lowest BCUT2D eigenvalue weighted by Crippen LogP contribution is -2.46. The Morgan fingerprint density at radius 2 is 1.38 bits per heavy atom. The maximum absolute atomic E-state index is 13.5. The molecule has 3 aliphatic heterocycles. The standard InChI is InChI=1S/C31H32FN5O5/c32-24-6-2-21(3-7-24)29(38)34-25-18-22(30(39)37-14-10-33-11-15-37)4-8-26(25)35-12-1-13-36(17-16-35)31(40)23-5-9-27-28(19-23)42-20-41-27/h2-9,18-19,33H,1,10-17,20H2,(H,34,38). The maximum atomic E-state index is 13.5. The molecule has 0 saturated carbocycles. The first-order chi connectivity index (χ1) is 20.5. The van der Waals surface area contributed by atoms with Gasteiger partial charge in [-0.1, -0.05) is 0 Å². The number of hydrogen-bond donors (Lipinski definition) is 2. The summed E-state index contributed by atoms with van der Waals surface area (Å²) in [6, 6.07) is 15.9. The Kier molecular flexibility index (Phi) is 7.91. The van der Waals surface area contributed by atoms with Gasteiger partial charge >= 0.3 is 0 Å². The minimum atomic E-state index is -0.430. The molecule has 42 heavy (non-hydrogen) atoms. The molecule has 10 nitrogen and oxygen atoms in total. The van der Waals surface area contributed by atoms with Crippen molar-refractivity contribution in [1.29, 1.82) is 0 Å². The van der Waals surface area contributed by atoms with E-state index in [1.54, 1.807) is 35.2 Å². The van der Waals surface area contributed by atoms with E-state index in [9.17, 15) is 18.8 Å². The Balaban J connectivity index is 1.23. The van der Waals surface area contributed by atoms with Gasteiger partial charge in [-0.25, -0.2) is 4.39 Å². The van der Waals surface area contributed by atoms with E-state index in [-0.39, 0.29) is 18.6 Å².